The monoisotopic (exact) mass is 291 g/mol. The van der Waals surface area contributed by atoms with Gasteiger partial charge >= 0.3 is 5.97 Å². The first-order valence-corrected chi connectivity index (χ1v) is 6.45. The van der Waals surface area contributed by atoms with Gasteiger partial charge in [0.1, 0.15) is 17.2 Å². The number of nitrogens with zero attached hydrogens (tertiary/aromatic N) is 1. The molecule has 2 aromatic rings. The fourth-order valence-corrected chi connectivity index (χ4v) is 2.39. The predicted molar refractivity (Wildman–Crippen MR) is 78.7 cm³/mol. The van der Waals surface area contributed by atoms with Crippen molar-refractivity contribution in [1.29, 1.82) is 0 Å². The summed E-state index contributed by atoms with van der Waals surface area (Å²) in [5.74, 6) is -0.270. The van der Waals surface area contributed by atoms with E-state index >= 15 is 0 Å². The lowest BCUT2D eigenvalue weighted by atomic mass is 10.1. The smallest absolute Gasteiger partial charge is 0.352 e. The van der Waals surface area contributed by atoms with Crippen molar-refractivity contribution in [2.45, 2.75) is 19.9 Å². The zero-order valence-electron chi connectivity index (χ0n) is 12.3. The number of hydrogen-bond donors (Lipinski definition) is 1. The highest BCUT2D eigenvalue weighted by molar-refractivity contribution is 5.93. The Morgan fingerprint density at radius 2 is 1.86 bits per heavy atom. The molecule has 0 aliphatic heterocycles. The van der Waals surface area contributed by atoms with Gasteiger partial charge in [-0.2, -0.15) is 0 Å². The maximum Gasteiger partial charge on any atom is 0.352 e. The topological polar surface area (TPSA) is 77.8 Å². The summed E-state index contributed by atoms with van der Waals surface area (Å²) in [6.45, 7) is 3.69. The van der Waals surface area contributed by atoms with E-state index in [0.717, 1.165) is 6.07 Å². The number of pyridine rings is 1. The van der Waals surface area contributed by atoms with Gasteiger partial charge in [0, 0.05) is 18.2 Å². The molecule has 1 N–H and O–H groups in total. The van der Waals surface area contributed by atoms with E-state index in [1.807, 2.05) is 13.8 Å². The minimum Gasteiger partial charge on any atom is -0.497 e. The Kier molecular flexibility index (Phi) is 3.88. The highest BCUT2D eigenvalue weighted by atomic mass is 16.5. The maximum atomic E-state index is 12.2. The van der Waals surface area contributed by atoms with E-state index in [1.54, 1.807) is 16.7 Å². The summed E-state index contributed by atoms with van der Waals surface area (Å²) >= 11 is 0. The summed E-state index contributed by atoms with van der Waals surface area (Å²) in [5.41, 5.74) is 0.0145. The van der Waals surface area contributed by atoms with Crippen molar-refractivity contribution in [3.05, 3.63) is 34.1 Å². The molecule has 0 amide bonds. The van der Waals surface area contributed by atoms with Crippen molar-refractivity contribution >= 4 is 16.9 Å². The molecule has 0 radical (unpaired) electrons. The summed E-state index contributed by atoms with van der Waals surface area (Å²) in [6, 6.07) is 4.20. The number of benzene rings is 1. The molecular formula is C15H17NO5. The van der Waals surface area contributed by atoms with Gasteiger partial charge in [-0.3, -0.25) is 4.79 Å². The van der Waals surface area contributed by atoms with Crippen LogP contribution in [-0.2, 0) is 0 Å². The quantitative estimate of drug-likeness (QED) is 0.935. The number of carboxylic acids is 1. The summed E-state index contributed by atoms with van der Waals surface area (Å²) in [5, 5.41) is 9.70. The standard InChI is InChI=1S/C15H17NO5/c1-8(2)16-11(15(18)19)7-12(17)10-5-9(20-3)6-13(21-4)14(10)16/h5-8H,1-4H3,(H,18,19). The van der Waals surface area contributed by atoms with Gasteiger partial charge in [-0.1, -0.05) is 0 Å². The second-order valence-electron chi connectivity index (χ2n) is 4.89. The van der Waals surface area contributed by atoms with Gasteiger partial charge in [-0.25, -0.2) is 4.79 Å². The molecule has 112 valence electrons. The average Bonchev–Trinajstić information content (AvgIpc) is 2.45. The van der Waals surface area contributed by atoms with Gasteiger partial charge in [0.05, 0.1) is 25.1 Å². The Bertz CT molecular complexity index is 761. The van der Waals surface area contributed by atoms with E-state index in [2.05, 4.69) is 0 Å². The molecule has 2 rings (SSSR count). The van der Waals surface area contributed by atoms with Crippen molar-refractivity contribution in [3.63, 3.8) is 0 Å². The van der Waals surface area contributed by atoms with Crippen LogP contribution < -0.4 is 14.9 Å². The lowest BCUT2D eigenvalue weighted by Gasteiger charge is -2.20. The number of aromatic carboxylic acids is 1. The van der Waals surface area contributed by atoms with Gasteiger partial charge in [-0.15, -0.1) is 0 Å². The van der Waals surface area contributed by atoms with Crippen molar-refractivity contribution in [3.8, 4) is 11.5 Å². The second-order valence-corrected chi connectivity index (χ2v) is 4.89. The van der Waals surface area contributed by atoms with Crippen LogP contribution in [0, 0.1) is 0 Å². The second kappa shape index (κ2) is 5.47. The molecule has 1 heterocycles. The maximum absolute atomic E-state index is 12.2. The summed E-state index contributed by atoms with van der Waals surface area (Å²) in [4.78, 5) is 23.6. The van der Waals surface area contributed by atoms with E-state index in [-0.39, 0.29) is 17.2 Å². The number of rotatable bonds is 4. The number of carboxylic acid groups (broad SMARTS) is 1. The molecule has 0 saturated heterocycles. The minimum absolute atomic E-state index is 0.0639. The number of hydrogen-bond acceptors (Lipinski definition) is 4. The molecule has 6 heteroatoms. The van der Waals surface area contributed by atoms with Gasteiger partial charge < -0.3 is 19.1 Å². The first-order valence-electron chi connectivity index (χ1n) is 6.45. The lowest BCUT2D eigenvalue weighted by molar-refractivity contribution is 0.0683. The van der Waals surface area contributed by atoms with E-state index in [4.69, 9.17) is 9.47 Å². The summed E-state index contributed by atoms with van der Waals surface area (Å²) < 4.78 is 12.1. The fourth-order valence-electron chi connectivity index (χ4n) is 2.39. The van der Waals surface area contributed by atoms with Crippen LogP contribution in [0.3, 0.4) is 0 Å². The molecule has 0 saturated carbocycles. The molecule has 1 aromatic heterocycles. The number of methoxy groups -OCH3 is 2. The van der Waals surface area contributed by atoms with Crippen molar-refractivity contribution in [2.75, 3.05) is 14.2 Å². The lowest BCUT2D eigenvalue weighted by Crippen LogP contribution is -2.20. The van der Waals surface area contributed by atoms with Crippen LogP contribution in [0.2, 0.25) is 0 Å². The number of fused-ring (bicyclic) bond motifs is 1. The van der Waals surface area contributed by atoms with E-state index < -0.39 is 5.97 Å². The molecule has 0 fully saturated rings. The van der Waals surface area contributed by atoms with Gasteiger partial charge in [0.25, 0.3) is 0 Å². The van der Waals surface area contributed by atoms with Crippen LogP contribution in [0.5, 0.6) is 11.5 Å². The highest BCUT2D eigenvalue weighted by Crippen LogP contribution is 2.32. The van der Waals surface area contributed by atoms with E-state index in [1.165, 1.54) is 14.2 Å². The Morgan fingerprint density at radius 1 is 1.19 bits per heavy atom. The number of aromatic nitrogens is 1. The molecule has 0 bridgehead atoms. The SMILES string of the molecule is COc1cc(OC)c2c(c1)c(=O)cc(C(=O)O)n2C(C)C. The van der Waals surface area contributed by atoms with E-state index in [9.17, 15) is 14.7 Å². The Balaban J connectivity index is 3.05. The van der Waals surface area contributed by atoms with Crippen LogP contribution >= 0.6 is 0 Å². The zero-order chi connectivity index (χ0) is 15.7. The number of carbonyl (C=O) groups is 1. The zero-order valence-corrected chi connectivity index (χ0v) is 12.3. The predicted octanol–water partition coefficient (Wildman–Crippen LogP) is 2.30. The van der Waals surface area contributed by atoms with Gasteiger partial charge in [0.2, 0.25) is 0 Å². The third kappa shape index (κ3) is 2.44. The minimum atomic E-state index is -1.15. The highest BCUT2D eigenvalue weighted by Gasteiger charge is 2.20. The molecule has 6 nitrogen and oxygen atoms in total. The molecule has 0 unspecified atom stereocenters. The van der Waals surface area contributed by atoms with Crippen LogP contribution in [0.1, 0.15) is 30.4 Å². The molecule has 1 aromatic carbocycles. The van der Waals surface area contributed by atoms with Gasteiger partial charge in [-0.05, 0) is 19.9 Å². The van der Waals surface area contributed by atoms with Crippen molar-refractivity contribution < 1.29 is 19.4 Å². The van der Waals surface area contributed by atoms with Crippen LogP contribution in [0.15, 0.2) is 23.0 Å². The Hall–Kier alpha value is -2.50. The molecule has 0 aliphatic rings. The first-order chi connectivity index (χ1) is 9.90. The van der Waals surface area contributed by atoms with Crippen molar-refractivity contribution in [2.24, 2.45) is 0 Å². The van der Waals surface area contributed by atoms with Crippen LogP contribution in [0.4, 0.5) is 0 Å². The first kappa shape index (κ1) is 14.9. The number of ether oxygens (including phenoxy) is 2. The normalized spacial score (nSPS) is 10.9. The molecule has 0 aliphatic carbocycles. The third-order valence-electron chi connectivity index (χ3n) is 3.27. The van der Waals surface area contributed by atoms with E-state index in [0.29, 0.717) is 22.4 Å². The molecule has 0 atom stereocenters. The summed E-state index contributed by atoms with van der Waals surface area (Å²) in [7, 11) is 2.96. The van der Waals surface area contributed by atoms with Crippen LogP contribution in [-0.4, -0.2) is 29.9 Å². The van der Waals surface area contributed by atoms with Gasteiger partial charge in [0.15, 0.2) is 5.43 Å². The summed E-state index contributed by atoms with van der Waals surface area (Å²) in [6.07, 6.45) is 0. The Morgan fingerprint density at radius 3 is 2.33 bits per heavy atom. The molecule has 0 spiro atoms. The van der Waals surface area contributed by atoms with Crippen molar-refractivity contribution in [1.82, 2.24) is 4.57 Å². The average molecular weight is 291 g/mol. The fraction of sp³-hybridized carbons (Fsp3) is 0.333. The van der Waals surface area contributed by atoms with Crippen LogP contribution in [0.25, 0.3) is 10.9 Å². The largest absolute Gasteiger partial charge is 0.497 e. The molecular weight excluding hydrogens is 274 g/mol. The Labute approximate surface area is 121 Å². The molecule has 21 heavy (non-hydrogen) atoms. The third-order valence-corrected chi connectivity index (χ3v) is 3.27.